The van der Waals surface area contributed by atoms with Gasteiger partial charge in [0.25, 0.3) is 11.2 Å². The first-order chi connectivity index (χ1) is 9.97. The molecular weight excluding hydrogens is 282 g/mol. The van der Waals surface area contributed by atoms with Crippen molar-refractivity contribution in [2.24, 2.45) is 5.10 Å². The molecule has 0 saturated carbocycles. The Hall–Kier alpha value is -3.43. The Kier molecular flexibility index (Phi) is 3.79. The summed E-state index contributed by atoms with van der Waals surface area (Å²) < 4.78 is 0. The number of nitrogens with one attached hydrogen (secondary N) is 3. The molecule has 21 heavy (non-hydrogen) atoms. The minimum Gasteiger partial charge on any atom is -0.494 e. The Morgan fingerprint density at radius 2 is 1.90 bits per heavy atom. The van der Waals surface area contributed by atoms with Crippen LogP contribution in [0.25, 0.3) is 0 Å². The number of hydrogen-bond donors (Lipinski definition) is 4. The van der Waals surface area contributed by atoms with Crippen LogP contribution in [0.15, 0.2) is 39.0 Å². The number of benzene rings is 1. The molecule has 0 saturated heterocycles. The summed E-state index contributed by atoms with van der Waals surface area (Å²) in [7, 11) is 0. The zero-order valence-electron chi connectivity index (χ0n) is 10.4. The highest BCUT2D eigenvalue weighted by Gasteiger charge is 2.06. The van der Waals surface area contributed by atoms with E-state index in [4.69, 9.17) is 0 Å². The van der Waals surface area contributed by atoms with Crippen molar-refractivity contribution in [3.63, 3.8) is 0 Å². The molecule has 0 bridgehead atoms. The summed E-state index contributed by atoms with van der Waals surface area (Å²) in [5.41, 5.74) is 1.02. The number of rotatable bonds is 4. The molecule has 2 aromatic rings. The average molecular weight is 291 g/mol. The second kappa shape index (κ2) is 5.69. The first kappa shape index (κ1) is 14.0. The third-order valence-corrected chi connectivity index (χ3v) is 2.42. The molecule has 1 aromatic heterocycles. The summed E-state index contributed by atoms with van der Waals surface area (Å²) >= 11 is 0. The number of nitro groups is 1. The normalized spacial score (nSPS) is 10.7. The van der Waals surface area contributed by atoms with Crippen molar-refractivity contribution in [3.05, 3.63) is 60.8 Å². The Morgan fingerprint density at radius 3 is 2.48 bits per heavy atom. The summed E-state index contributed by atoms with van der Waals surface area (Å²) in [5, 5.41) is 23.6. The second-order valence-electron chi connectivity index (χ2n) is 3.84. The molecule has 0 amide bonds. The van der Waals surface area contributed by atoms with Gasteiger partial charge in [-0.25, -0.2) is 4.79 Å². The number of H-pyrrole nitrogens is 2. The molecule has 1 heterocycles. The molecular formula is C11H9N5O5. The van der Waals surface area contributed by atoms with Crippen LogP contribution in [0.4, 0.5) is 11.4 Å². The number of aromatic amines is 2. The van der Waals surface area contributed by atoms with E-state index in [0.717, 1.165) is 6.21 Å². The van der Waals surface area contributed by atoms with Gasteiger partial charge in [-0.3, -0.25) is 30.3 Å². The summed E-state index contributed by atoms with van der Waals surface area (Å²) in [6.07, 6.45) is 1.01. The molecule has 0 atom stereocenters. The zero-order chi connectivity index (χ0) is 15.4. The van der Waals surface area contributed by atoms with Gasteiger partial charge in [-0.05, 0) is 12.1 Å². The molecule has 0 aliphatic carbocycles. The highest BCUT2D eigenvalue weighted by Crippen LogP contribution is 2.15. The van der Waals surface area contributed by atoms with E-state index >= 15 is 0 Å². The van der Waals surface area contributed by atoms with E-state index in [9.17, 15) is 24.8 Å². The third-order valence-electron chi connectivity index (χ3n) is 2.42. The summed E-state index contributed by atoms with van der Waals surface area (Å²) in [4.78, 5) is 36.1. The molecule has 0 fully saturated rings. The van der Waals surface area contributed by atoms with Gasteiger partial charge in [0.05, 0.1) is 16.8 Å². The van der Waals surface area contributed by atoms with E-state index in [1.807, 2.05) is 9.97 Å². The molecule has 0 radical (unpaired) electrons. The van der Waals surface area contributed by atoms with E-state index in [0.29, 0.717) is 5.69 Å². The minimum atomic E-state index is -0.835. The molecule has 0 aliphatic heterocycles. The summed E-state index contributed by atoms with van der Waals surface area (Å²) in [6.45, 7) is 0. The van der Waals surface area contributed by atoms with Gasteiger partial charge in [-0.15, -0.1) is 0 Å². The lowest BCUT2D eigenvalue weighted by molar-refractivity contribution is -0.384. The lowest BCUT2D eigenvalue weighted by atomic mass is 10.3. The van der Waals surface area contributed by atoms with Crippen LogP contribution >= 0.6 is 0 Å². The Balaban J connectivity index is 2.14. The van der Waals surface area contributed by atoms with Crippen LogP contribution in [-0.4, -0.2) is 26.2 Å². The summed E-state index contributed by atoms with van der Waals surface area (Å²) in [6, 6.07) is 5.41. The van der Waals surface area contributed by atoms with E-state index < -0.39 is 22.1 Å². The van der Waals surface area contributed by atoms with Gasteiger partial charge in [-0.2, -0.15) is 5.10 Å². The van der Waals surface area contributed by atoms with E-state index in [1.165, 1.54) is 24.3 Å². The van der Waals surface area contributed by atoms with Crippen LogP contribution in [0.2, 0.25) is 0 Å². The zero-order valence-corrected chi connectivity index (χ0v) is 10.4. The maximum Gasteiger partial charge on any atom is 0.328 e. The SMILES string of the molecule is O=c1[nH]c(O)c(/C=N/Nc2ccc([N+](=O)[O-])cc2)c(=O)[nH]1. The van der Waals surface area contributed by atoms with Crippen LogP contribution < -0.4 is 16.7 Å². The number of hydrogen-bond acceptors (Lipinski definition) is 7. The van der Waals surface area contributed by atoms with Gasteiger partial charge in [0.2, 0.25) is 5.88 Å². The first-order valence-electron chi connectivity index (χ1n) is 5.56. The Morgan fingerprint density at radius 1 is 1.24 bits per heavy atom. The maximum absolute atomic E-state index is 11.4. The van der Waals surface area contributed by atoms with Crippen LogP contribution in [0, 0.1) is 10.1 Å². The van der Waals surface area contributed by atoms with E-state index in [2.05, 4.69) is 10.5 Å². The highest BCUT2D eigenvalue weighted by atomic mass is 16.6. The Bertz CT molecular complexity index is 805. The van der Waals surface area contributed by atoms with Crippen molar-refractivity contribution in [2.75, 3.05) is 5.43 Å². The minimum absolute atomic E-state index is 0.0701. The van der Waals surface area contributed by atoms with Gasteiger partial charge in [0, 0.05) is 12.1 Å². The largest absolute Gasteiger partial charge is 0.494 e. The Labute approximate surface area is 115 Å². The van der Waals surface area contributed by atoms with Gasteiger partial charge >= 0.3 is 5.69 Å². The number of nitro benzene ring substituents is 1. The molecule has 108 valence electrons. The monoisotopic (exact) mass is 291 g/mol. The number of aromatic nitrogens is 2. The van der Waals surface area contributed by atoms with Crippen molar-refractivity contribution >= 4 is 17.6 Å². The number of nitrogens with zero attached hydrogens (tertiary/aromatic N) is 2. The standard InChI is InChI=1S/C11H9N5O5/c17-9-8(10(18)14-11(19)13-9)5-12-15-6-1-3-7(4-2-6)16(20)21/h1-5,15H,(H3,13,14,17,18,19)/b12-5+. The van der Waals surface area contributed by atoms with Gasteiger partial charge in [0.1, 0.15) is 5.56 Å². The van der Waals surface area contributed by atoms with Crippen molar-refractivity contribution in [1.82, 2.24) is 9.97 Å². The fraction of sp³-hybridized carbons (Fsp3) is 0. The topological polar surface area (TPSA) is 153 Å². The molecule has 10 heteroatoms. The van der Waals surface area contributed by atoms with Crippen LogP contribution in [0.1, 0.15) is 5.56 Å². The first-order valence-corrected chi connectivity index (χ1v) is 5.56. The predicted molar refractivity (Wildman–Crippen MR) is 73.7 cm³/mol. The molecule has 0 aliphatic rings. The summed E-state index contributed by atoms with van der Waals surface area (Å²) in [5.74, 6) is -0.613. The molecule has 0 spiro atoms. The lowest BCUT2D eigenvalue weighted by Crippen LogP contribution is -2.25. The van der Waals surface area contributed by atoms with E-state index in [-0.39, 0.29) is 11.3 Å². The van der Waals surface area contributed by atoms with Crippen LogP contribution in [0.5, 0.6) is 5.88 Å². The molecule has 1 aromatic carbocycles. The molecule has 2 rings (SSSR count). The quantitative estimate of drug-likeness (QED) is 0.356. The number of anilines is 1. The van der Waals surface area contributed by atoms with E-state index in [1.54, 1.807) is 0 Å². The predicted octanol–water partition coefficient (Wildman–Crippen LogP) is 0.123. The lowest BCUT2D eigenvalue weighted by Gasteiger charge is -1.99. The fourth-order valence-corrected chi connectivity index (χ4v) is 1.43. The van der Waals surface area contributed by atoms with Gasteiger partial charge in [0.15, 0.2) is 0 Å². The smallest absolute Gasteiger partial charge is 0.328 e. The van der Waals surface area contributed by atoms with Crippen molar-refractivity contribution < 1.29 is 10.0 Å². The van der Waals surface area contributed by atoms with Gasteiger partial charge < -0.3 is 5.11 Å². The average Bonchev–Trinajstić information content (AvgIpc) is 2.42. The van der Waals surface area contributed by atoms with Crippen LogP contribution in [0.3, 0.4) is 0 Å². The van der Waals surface area contributed by atoms with Crippen molar-refractivity contribution in [1.29, 1.82) is 0 Å². The maximum atomic E-state index is 11.4. The molecule has 0 unspecified atom stereocenters. The molecule has 4 N–H and O–H groups in total. The highest BCUT2D eigenvalue weighted by molar-refractivity contribution is 5.82. The molecule has 10 nitrogen and oxygen atoms in total. The van der Waals surface area contributed by atoms with Crippen LogP contribution in [-0.2, 0) is 0 Å². The third kappa shape index (κ3) is 3.32. The number of non-ortho nitro benzene ring substituents is 1. The second-order valence-corrected chi connectivity index (χ2v) is 3.84. The van der Waals surface area contributed by atoms with Crippen molar-refractivity contribution in [2.45, 2.75) is 0 Å². The number of hydrazone groups is 1. The number of aromatic hydroxyl groups is 1. The fourth-order valence-electron chi connectivity index (χ4n) is 1.43. The van der Waals surface area contributed by atoms with Gasteiger partial charge in [-0.1, -0.05) is 0 Å². The van der Waals surface area contributed by atoms with Crippen molar-refractivity contribution in [3.8, 4) is 5.88 Å².